The summed E-state index contributed by atoms with van der Waals surface area (Å²) in [6, 6.07) is 0. The molecule has 0 saturated carbocycles. The molecule has 0 radical (unpaired) electrons. The van der Waals surface area contributed by atoms with Gasteiger partial charge >= 0.3 is 0 Å². The number of piperidine rings is 1. The predicted octanol–water partition coefficient (Wildman–Crippen LogP) is 1.98. The smallest absolute Gasteiger partial charge is 0.0773 e. The van der Waals surface area contributed by atoms with Gasteiger partial charge in [-0.1, -0.05) is 26.7 Å². The highest BCUT2D eigenvalue weighted by atomic mass is 15.1. The zero-order chi connectivity index (χ0) is 11.5. The van der Waals surface area contributed by atoms with Gasteiger partial charge in [0.25, 0.3) is 0 Å². The molecule has 0 unspecified atom stereocenters. The molecule has 1 N–H and O–H groups in total. The number of rotatable bonds is 5. The summed E-state index contributed by atoms with van der Waals surface area (Å²) in [5.41, 5.74) is 0. The van der Waals surface area contributed by atoms with Crippen LogP contribution in [0.25, 0.3) is 0 Å². The monoisotopic (exact) mass is 210 g/mol. The van der Waals surface area contributed by atoms with Crippen LogP contribution in [-0.4, -0.2) is 19.6 Å². The van der Waals surface area contributed by atoms with Gasteiger partial charge in [-0.15, -0.1) is 0 Å². The Hall–Kier alpha value is -0.550. The quantitative estimate of drug-likeness (QED) is 0.545. The minimum absolute atomic E-state index is 0.999. The van der Waals surface area contributed by atoms with Crippen molar-refractivity contribution in [2.24, 2.45) is 5.92 Å². The van der Waals surface area contributed by atoms with Crippen molar-refractivity contribution < 1.29 is 4.90 Å². The van der Waals surface area contributed by atoms with Gasteiger partial charge < -0.3 is 16.7 Å². The molecule has 0 aliphatic carbocycles. The van der Waals surface area contributed by atoms with Gasteiger partial charge in [0.05, 0.1) is 19.6 Å². The van der Waals surface area contributed by atoms with Crippen molar-refractivity contribution in [3.63, 3.8) is 0 Å². The molecule has 0 amide bonds. The highest BCUT2D eigenvalue weighted by molar-refractivity contribution is 4.55. The van der Waals surface area contributed by atoms with Gasteiger partial charge in [-0.3, -0.25) is 0 Å². The summed E-state index contributed by atoms with van der Waals surface area (Å²) in [4.78, 5) is 1.87. The molecule has 88 valence electrons. The van der Waals surface area contributed by atoms with Gasteiger partial charge in [0, 0.05) is 0 Å². The van der Waals surface area contributed by atoms with Crippen LogP contribution in [0.4, 0.5) is 0 Å². The third kappa shape index (κ3) is 7.39. The first kappa shape index (κ1) is 14.5. The van der Waals surface area contributed by atoms with Gasteiger partial charge in [0.1, 0.15) is 0 Å². The molecule has 1 saturated heterocycles. The molecular formula is C13H26N2. The van der Waals surface area contributed by atoms with E-state index in [-0.39, 0.29) is 0 Å². The van der Waals surface area contributed by atoms with E-state index in [0.717, 1.165) is 5.92 Å². The molecule has 2 heteroatoms. The van der Waals surface area contributed by atoms with Crippen LogP contribution in [0.15, 0.2) is 0 Å². The molecule has 0 spiro atoms. The Balaban J connectivity index is 0.000000921. The van der Waals surface area contributed by atoms with Gasteiger partial charge in [0.15, 0.2) is 0 Å². The normalized spacial score (nSPS) is 25.3. The number of quaternary nitrogens is 1. The second kappa shape index (κ2) is 9.98. The third-order valence-electron chi connectivity index (χ3n) is 3.37. The summed E-state index contributed by atoms with van der Waals surface area (Å²) in [7, 11) is 0. The Kier molecular flexibility index (Phi) is 9.62. The molecule has 0 aromatic carbocycles. The lowest BCUT2D eigenvalue weighted by Crippen LogP contribution is -3.13. The van der Waals surface area contributed by atoms with Crippen LogP contribution in [0, 0.1) is 17.8 Å². The first-order valence-corrected chi connectivity index (χ1v) is 6.39. The Morgan fingerprint density at radius 1 is 1.13 bits per heavy atom. The number of unbranched alkanes of at least 4 members (excludes halogenated alkanes) is 3. The molecule has 2 nitrogen and oxygen atoms in total. The molecule has 1 aliphatic heterocycles. The zero-order valence-corrected chi connectivity index (χ0v) is 10.4. The SMILES string of the molecule is CCCCCC[NH+]1CCC(C)CC1.[C-]#N. The van der Waals surface area contributed by atoms with Crippen LogP contribution in [0.5, 0.6) is 0 Å². The number of likely N-dealkylation sites (tertiary alicyclic amines) is 1. The first-order chi connectivity index (χ1) is 7.33. The fourth-order valence-corrected chi connectivity index (χ4v) is 2.22. The summed E-state index contributed by atoms with van der Waals surface area (Å²) in [5.74, 6) is 0.999. The Bertz CT molecular complexity index is 146. The van der Waals surface area contributed by atoms with Crippen molar-refractivity contribution in [2.45, 2.75) is 52.4 Å². The van der Waals surface area contributed by atoms with Crippen molar-refractivity contribution in [3.05, 3.63) is 6.57 Å². The molecule has 1 fully saturated rings. The van der Waals surface area contributed by atoms with E-state index < -0.39 is 0 Å². The van der Waals surface area contributed by atoms with E-state index in [1.165, 1.54) is 58.2 Å². The summed E-state index contributed by atoms with van der Waals surface area (Å²) in [6.45, 7) is 13.7. The topological polar surface area (TPSA) is 28.2 Å². The fraction of sp³-hybridized carbons (Fsp3) is 0.923. The summed E-state index contributed by atoms with van der Waals surface area (Å²) in [6.07, 6.45) is 8.63. The standard InChI is InChI=1S/C12H25N.CN/c1-3-4-5-6-9-13-10-7-12(2)8-11-13;1-2/h12H,3-11H2,1-2H3;/q;-1/p+1. The number of nitrogens with zero attached hydrogens (tertiary/aromatic N) is 1. The summed E-state index contributed by atoms with van der Waals surface area (Å²) >= 11 is 0. The van der Waals surface area contributed by atoms with Crippen LogP contribution in [0.2, 0.25) is 0 Å². The Morgan fingerprint density at radius 2 is 1.73 bits per heavy atom. The maximum absolute atomic E-state index is 6.25. The zero-order valence-electron chi connectivity index (χ0n) is 10.4. The Morgan fingerprint density at radius 3 is 2.27 bits per heavy atom. The van der Waals surface area contributed by atoms with Crippen molar-refractivity contribution >= 4 is 0 Å². The minimum Gasteiger partial charge on any atom is -0.512 e. The third-order valence-corrected chi connectivity index (χ3v) is 3.37. The van der Waals surface area contributed by atoms with Crippen molar-refractivity contribution in [1.29, 1.82) is 5.26 Å². The highest BCUT2D eigenvalue weighted by Crippen LogP contribution is 2.06. The van der Waals surface area contributed by atoms with Gasteiger partial charge in [-0.25, -0.2) is 0 Å². The average Bonchev–Trinajstić information content (AvgIpc) is 2.30. The summed E-state index contributed by atoms with van der Waals surface area (Å²) < 4.78 is 0. The first-order valence-electron chi connectivity index (χ1n) is 6.39. The van der Waals surface area contributed by atoms with E-state index in [1.54, 1.807) is 0 Å². The second-order valence-corrected chi connectivity index (χ2v) is 4.74. The fourth-order valence-electron chi connectivity index (χ4n) is 2.22. The molecule has 15 heavy (non-hydrogen) atoms. The van der Waals surface area contributed by atoms with Crippen molar-refractivity contribution in [2.75, 3.05) is 19.6 Å². The lowest BCUT2D eigenvalue weighted by atomic mass is 9.99. The van der Waals surface area contributed by atoms with Crippen LogP contribution < -0.4 is 4.90 Å². The van der Waals surface area contributed by atoms with Crippen LogP contribution in [0.1, 0.15) is 52.4 Å². The number of nitrogens with one attached hydrogen (secondary N) is 1. The van der Waals surface area contributed by atoms with Gasteiger partial charge in [-0.05, 0) is 31.6 Å². The van der Waals surface area contributed by atoms with E-state index in [9.17, 15) is 0 Å². The Labute approximate surface area is 95.3 Å². The van der Waals surface area contributed by atoms with Crippen molar-refractivity contribution in [1.82, 2.24) is 0 Å². The van der Waals surface area contributed by atoms with E-state index >= 15 is 0 Å². The molecule has 1 rings (SSSR count). The summed E-state index contributed by atoms with van der Waals surface area (Å²) in [5, 5.41) is 6.25. The second-order valence-electron chi connectivity index (χ2n) is 4.74. The highest BCUT2D eigenvalue weighted by Gasteiger charge is 2.17. The minimum atomic E-state index is 0.999. The van der Waals surface area contributed by atoms with E-state index in [4.69, 9.17) is 11.8 Å². The predicted molar refractivity (Wildman–Crippen MR) is 63.1 cm³/mol. The maximum Gasteiger partial charge on any atom is 0.0773 e. The number of hydrogen-bond donors (Lipinski definition) is 1. The maximum atomic E-state index is 6.25. The molecule has 0 bridgehead atoms. The average molecular weight is 210 g/mol. The van der Waals surface area contributed by atoms with Crippen LogP contribution in [0.3, 0.4) is 0 Å². The van der Waals surface area contributed by atoms with E-state index in [1.807, 2.05) is 4.90 Å². The number of hydrogen-bond acceptors (Lipinski definition) is 1. The lowest BCUT2D eigenvalue weighted by molar-refractivity contribution is -0.906. The molecule has 1 heterocycles. The molecular weight excluding hydrogens is 184 g/mol. The molecule has 0 aromatic heterocycles. The van der Waals surface area contributed by atoms with E-state index in [0.29, 0.717) is 0 Å². The largest absolute Gasteiger partial charge is 0.512 e. The van der Waals surface area contributed by atoms with E-state index in [2.05, 4.69) is 13.8 Å². The lowest BCUT2D eigenvalue weighted by Gasteiger charge is -2.27. The molecule has 0 aromatic rings. The molecule has 1 aliphatic rings. The van der Waals surface area contributed by atoms with Crippen molar-refractivity contribution in [3.8, 4) is 0 Å². The van der Waals surface area contributed by atoms with Crippen LogP contribution in [-0.2, 0) is 0 Å². The molecule has 0 atom stereocenters. The van der Waals surface area contributed by atoms with Gasteiger partial charge in [0.2, 0.25) is 0 Å². The van der Waals surface area contributed by atoms with Crippen LogP contribution >= 0.6 is 0 Å². The van der Waals surface area contributed by atoms with Gasteiger partial charge in [-0.2, -0.15) is 0 Å².